The summed E-state index contributed by atoms with van der Waals surface area (Å²) in [5, 5.41) is 7.99. The SMILES string of the molecule is CC(=O)CC(=O)C(C)C.CC(C)=O.CC(C)C(=O)O.CCCCOC(=O)C(C)C.O.[Na+].[OH-]. The molecule has 9 nitrogen and oxygen atoms in total. The average molecular weight is 477 g/mol. The van der Waals surface area contributed by atoms with Crippen LogP contribution in [0.15, 0.2) is 0 Å². The van der Waals surface area contributed by atoms with Crippen LogP contribution in [0.2, 0.25) is 0 Å². The topological polar surface area (TPSA) is 176 Å². The van der Waals surface area contributed by atoms with Gasteiger partial charge in [0.05, 0.1) is 24.9 Å². The summed E-state index contributed by atoms with van der Waals surface area (Å²) in [5.74, 6) is -0.907. The van der Waals surface area contributed by atoms with Crippen molar-refractivity contribution >= 4 is 29.3 Å². The second-order valence-corrected chi connectivity index (χ2v) is 7.58. The maximum Gasteiger partial charge on any atom is 1.00 e. The summed E-state index contributed by atoms with van der Waals surface area (Å²) in [7, 11) is 0. The fraction of sp³-hybridized carbons (Fsp3) is 0.773. The predicted molar refractivity (Wildman–Crippen MR) is 120 cm³/mol. The largest absolute Gasteiger partial charge is 1.00 e. The summed E-state index contributed by atoms with van der Waals surface area (Å²) in [6.07, 6.45) is 2.14. The van der Waals surface area contributed by atoms with Gasteiger partial charge in [-0.25, -0.2) is 0 Å². The minimum Gasteiger partial charge on any atom is -0.870 e. The van der Waals surface area contributed by atoms with Crippen molar-refractivity contribution in [2.75, 3.05) is 6.61 Å². The summed E-state index contributed by atoms with van der Waals surface area (Å²) in [6, 6.07) is 0. The summed E-state index contributed by atoms with van der Waals surface area (Å²) in [5.41, 5.74) is 0. The van der Waals surface area contributed by atoms with Crippen molar-refractivity contribution in [2.24, 2.45) is 17.8 Å². The van der Waals surface area contributed by atoms with Gasteiger partial charge in [0.2, 0.25) is 0 Å². The number of ketones is 3. The van der Waals surface area contributed by atoms with Crippen LogP contribution in [0, 0.1) is 17.8 Å². The number of carboxylic acid groups (broad SMARTS) is 1. The Bertz CT molecular complexity index is 484. The van der Waals surface area contributed by atoms with Crippen molar-refractivity contribution in [1.29, 1.82) is 0 Å². The molecule has 0 spiro atoms. The molecule has 0 amide bonds. The van der Waals surface area contributed by atoms with Gasteiger partial charge in [0.25, 0.3) is 0 Å². The molecule has 188 valence electrons. The zero-order chi connectivity index (χ0) is 24.2. The van der Waals surface area contributed by atoms with E-state index in [-0.39, 0.29) is 88.0 Å². The van der Waals surface area contributed by atoms with Gasteiger partial charge < -0.3 is 25.6 Å². The molecule has 0 aromatic carbocycles. The summed E-state index contributed by atoms with van der Waals surface area (Å²) in [6.45, 7) is 17.7. The fourth-order valence-corrected chi connectivity index (χ4v) is 0.933. The summed E-state index contributed by atoms with van der Waals surface area (Å²) >= 11 is 0. The number of carbonyl (C=O) groups excluding carboxylic acids is 4. The third-order valence-electron chi connectivity index (χ3n) is 2.77. The number of unbranched alkanes of at least 4 members (excludes halogenated alkanes) is 1. The maximum atomic E-state index is 10.8. The summed E-state index contributed by atoms with van der Waals surface area (Å²) in [4.78, 5) is 51.0. The molecule has 0 atom stereocenters. The predicted octanol–water partition coefficient (Wildman–Crippen LogP) is 0.501. The molecule has 0 aliphatic carbocycles. The molecule has 0 heterocycles. The first-order valence-electron chi connectivity index (χ1n) is 9.98. The monoisotopic (exact) mass is 476 g/mol. The molecule has 0 aromatic rings. The Hall–Kier alpha value is -1.13. The molecule has 0 fully saturated rings. The smallest absolute Gasteiger partial charge is 0.870 e. The third-order valence-corrected chi connectivity index (χ3v) is 2.77. The maximum absolute atomic E-state index is 10.8. The molecule has 0 aliphatic rings. The Kier molecular flexibility index (Phi) is 48.4. The van der Waals surface area contributed by atoms with Crippen LogP contribution < -0.4 is 29.6 Å². The van der Waals surface area contributed by atoms with E-state index in [1.165, 1.54) is 20.8 Å². The molecule has 0 bridgehead atoms. The Morgan fingerprint density at radius 3 is 1.31 bits per heavy atom. The van der Waals surface area contributed by atoms with Gasteiger partial charge in [0.15, 0.2) is 0 Å². The Balaban J connectivity index is -0.0000000528. The molecule has 0 aliphatic heterocycles. The van der Waals surface area contributed by atoms with E-state index >= 15 is 0 Å². The minimum absolute atomic E-state index is 0. The molecule has 0 saturated heterocycles. The number of hydrogen-bond donors (Lipinski definition) is 1. The normalized spacial score (nSPS) is 8.41. The van der Waals surface area contributed by atoms with Crippen molar-refractivity contribution in [3.63, 3.8) is 0 Å². The van der Waals surface area contributed by atoms with Crippen LogP contribution in [-0.2, 0) is 28.7 Å². The van der Waals surface area contributed by atoms with Crippen molar-refractivity contribution in [3.05, 3.63) is 0 Å². The van der Waals surface area contributed by atoms with Crippen LogP contribution in [0.4, 0.5) is 0 Å². The molecule has 10 heteroatoms. The standard InChI is InChI=1S/C8H16O2.C7H12O2.C4H8O2.C3H6O.Na.2H2O/c1-4-5-6-10-8(9)7(2)3;1-5(2)7(9)4-6(3)8;1-3(2)4(5)6;1-3(2)4;;;/h7H,4-6H2,1-3H3;5H,4H2,1-3H3;3H,1-2H3,(H,5,6);1-2H3;;2*1H2/q;;;;+1;;/p-1. The van der Waals surface area contributed by atoms with E-state index in [9.17, 15) is 24.0 Å². The first-order valence-corrected chi connectivity index (χ1v) is 9.98. The minimum atomic E-state index is -0.741. The van der Waals surface area contributed by atoms with Crippen molar-refractivity contribution in [2.45, 2.75) is 88.5 Å². The quantitative estimate of drug-likeness (QED) is 0.228. The Labute approximate surface area is 216 Å². The Morgan fingerprint density at radius 2 is 1.16 bits per heavy atom. The zero-order valence-electron chi connectivity index (χ0n) is 21.9. The van der Waals surface area contributed by atoms with E-state index in [4.69, 9.17) is 9.84 Å². The van der Waals surface area contributed by atoms with Crippen molar-refractivity contribution in [3.8, 4) is 0 Å². The number of ether oxygens (including phenoxy) is 1. The first-order chi connectivity index (χ1) is 13.1. The zero-order valence-corrected chi connectivity index (χ0v) is 23.9. The second kappa shape index (κ2) is 32.1. The number of carbonyl (C=O) groups is 5. The average Bonchev–Trinajstić information content (AvgIpc) is 2.54. The van der Waals surface area contributed by atoms with E-state index in [0.29, 0.717) is 6.61 Å². The number of carboxylic acids is 1. The van der Waals surface area contributed by atoms with E-state index in [2.05, 4.69) is 6.92 Å². The molecular weight excluding hydrogens is 431 g/mol. The van der Waals surface area contributed by atoms with Gasteiger partial charge >= 0.3 is 41.5 Å². The van der Waals surface area contributed by atoms with Gasteiger partial charge in [-0.05, 0) is 27.2 Å². The van der Waals surface area contributed by atoms with Gasteiger partial charge in [0, 0.05) is 5.92 Å². The van der Waals surface area contributed by atoms with Gasteiger partial charge in [-0.1, -0.05) is 54.9 Å². The molecule has 0 rings (SSSR count). The fourth-order valence-electron chi connectivity index (χ4n) is 0.933. The van der Waals surface area contributed by atoms with Gasteiger partial charge in [-0.3, -0.25) is 19.2 Å². The van der Waals surface area contributed by atoms with E-state index < -0.39 is 5.97 Å². The van der Waals surface area contributed by atoms with Gasteiger partial charge in [-0.15, -0.1) is 0 Å². The Morgan fingerprint density at radius 1 is 0.812 bits per heavy atom. The number of esters is 1. The van der Waals surface area contributed by atoms with E-state index in [1.807, 2.05) is 13.8 Å². The van der Waals surface area contributed by atoms with Gasteiger partial charge in [0.1, 0.15) is 17.3 Å². The van der Waals surface area contributed by atoms with Crippen LogP contribution in [-0.4, -0.2) is 52.0 Å². The number of rotatable bonds is 8. The molecular formula is C22H45NaO9. The number of Topliss-reactive ketones (excluding diaryl/α,β-unsaturated/α-hetero) is 3. The first kappa shape index (κ1) is 48.3. The second-order valence-electron chi connectivity index (χ2n) is 7.58. The van der Waals surface area contributed by atoms with Crippen molar-refractivity contribution in [1.82, 2.24) is 0 Å². The molecule has 0 radical (unpaired) electrons. The van der Waals surface area contributed by atoms with Gasteiger partial charge in [-0.2, -0.15) is 0 Å². The van der Waals surface area contributed by atoms with Crippen LogP contribution in [0.5, 0.6) is 0 Å². The number of hydrogen-bond acceptors (Lipinski definition) is 7. The molecule has 0 unspecified atom stereocenters. The van der Waals surface area contributed by atoms with E-state index in [0.717, 1.165) is 12.8 Å². The number of aliphatic carboxylic acids is 1. The molecule has 4 N–H and O–H groups in total. The molecule has 0 aromatic heterocycles. The molecule has 0 saturated carbocycles. The summed E-state index contributed by atoms with van der Waals surface area (Å²) < 4.78 is 4.90. The van der Waals surface area contributed by atoms with Crippen molar-refractivity contribution < 1.29 is 74.3 Å². The van der Waals surface area contributed by atoms with Crippen LogP contribution in [0.25, 0.3) is 0 Å². The third kappa shape index (κ3) is 56.8. The van der Waals surface area contributed by atoms with Crippen LogP contribution in [0.3, 0.4) is 0 Å². The molecule has 32 heavy (non-hydrogen) atoms. The van der Waals surface area contributed by atoms with Crippen LogP contribution in [0.1, 0.15) is 88.5 Å². The van der Waals surface area contributed by atoms with Crippen LogP contribution >= 0.6 is 0 Å². The van der Waals surface area contributed by atoms with E-state index in [1.54, 1.807) is 27.7 Å².